The van der Waals surface area contributed by atoms with Crippen molar-refractivity contribution in [3.8, 4) is 17.2 Å². The lowest BCUT2D eigenvalue weighted by atomic mass is 10.0. The van der Waals surface area contributed by atoms with Crippen LogP contribution < -0.4 is 19.1 Å². The first-order valence-electron chi connectivity index (χ1n) is 11.2. The number of nitrogens with zero attached hydrogens (tertiary/aromatic N) is 4. The van der Waals surface area contributed by atoms with Gasteiger partial charge in [-0.2, -0.15) is 0 Å². The molecule has 168 valence electrons. The molecule has 31 heavy (non-hydrogen) atoms. The van der Waals surface area contributed by atoms with E-state index in [1.165, 1.54) is 29.9 Å². The largest absolute Gasteiger partial charge is 0.493 e. The van der Waals surface area contributed by atoms with Crippen molar-refractivity contribution in [2.45, 2.75) is 52.1 Å². The van der Waals surface area contributed by atoms with Gasteiger partial charge in [0.05, 0.1) is 27.0 Å². The number of methoxy groups -OCH3 is 3. The molecule has 7 nitrogen and oxygen atoms in total. The van der Waals surface area contributed by atoms with Gasteiger partial charge in [0, 0.05) is 49.8 Å². The molecule has 0 spiro atoms. The number of rotatable bonds is 7. The molecule has 0 atom stereocenters. The highest BCUT2D eigenvalue weighted by Crippen LogP contribution is 2.40. The maximum atomic E-state index is 5.69. The molecule has 7 heteroatoms. The Labute approximate surface area is 185 Å². The van der Waals surface area contributed by atoms with Crippen LogP contribution in [-0.2, 0) is 19.5 Å². The van der Waals surface area contributed by atoms with Gasteiger partial charge in [-0.3, -0.25) is 4.90 Å². The minimum absolute atomic E-state index is 0.313. The van der Waals surface area contributed by atoms with Gasteiger partial charge in [0.2, 0.25) is 5.75 Å². The fourth-order valence-electron chi connectivity index (χ4n) is 4.60. The quantitative estimate of drug-likeness (QED) is 0.668. The third kappa shape index (κ3) is 4.28. The maximum absolute atomic E-state index is 5.69. The van der Waals surface area contributed by atoms with E-state index < -0.39 is 0 Å². The highest BCUT2D eigenvalue weighted by atomic mass is 16.5. The molecular weight excluding hydrogens is 392 g/mol. The Morgan fingerprint density at radius 2 is 1.68 bits per heavy atom. The van der Waals surface area contributed by atoms with Crippen molar-refractivity contribution in [1.82, 2.24) is 14.9 Å². The predicted molar refractivity (Wildman–Crippen MR) is 121 cm³/mol. The minimum Gasteiger partial charge on any atom is -0.493 e. The topological polar surface area (TPSA) is 60.0 Å². The Morgan fingerprint density at radius 1 is 0.935 bits per heavy atom. The molecule has 0 N–H and O–H groups in total. The average molecular weight is 427 g/mol. The van der Waals surface area contributed by atoms with Crippen LogP contribution in [0.5, 0.6) is 17.2 Å². The number of aromatic nitrogens is 2. The molecule has 1 fully saturated rings. The van der Waals surface area contributed by atoms with Crippen molar-refractivity contribution < 1.29 is 14.2 Å². The lowest BCUT2D eigenvalue weighted by molar-refractivity contribution is 0.235. The van der Waals surface area contributed by atoms with Crippen LogP contribution >= 0.6 is 0 Å². The van der Waals surface area contributed by atoms with Gasteiger partial charge >= 0.3 is 0 Å². The molecule has 1 aromatic heterocycles. The van der Waals surface area contributed by atoms with E-state index in [2.05, 4.69) is 29.7 Å². The Balaban J connectivity index is 1.62. The number of ether oxygens (including phenoxy) is 3. The molecule has 0 bridgehead atoms. The first kappa shape index (κ1) is 21.7. The van der Waals surface area contributed by atoms with Crippen LogP contribution in [0.25, 0.3) is 0 Å². The van der Waals surface area contributed by atoms with E-state index in [0.29, 0.717) is 17.4 Å². The summed E-state index contributed by atoms with van der Waals surface area (Å²) < 4.78 is 16.7. The van der Waals surface area contributed by atoms with E-state index in [9.17, 15) is 0 Å². The summed E-state index contributed by atoms with van der Waals surface area (Å²) >= 11 is 0. The van der Waals surface area contributed by atoms with Crippen LogP contribution in [0, 0.1) is 0 Å². The van der Waals surface area contributed by atoms with E-state index >= 15 is 0 Å². The third-order valence-electron chi connectivity index (χ3n) is 6.24. The fourth-order valence-corrected chi connectivity index (χ4v) is 4.60. The molecule has 0 unspecified atom stereocenters. The molecule has 1 saturated heterocycles. The molecule has 2 aliphatic rings. The minimum atomic E-state index is 0.313. The van der Waals surface area contributed by atoms with Crippen LogP contribution in [0.2, 0.25) is 0 Å². The van der Waals surface area contributed by atoms with E-state index in [1.54, 1.807) is 21.3 Å². The molecule has 0 saturated carbocycles. The summed E-state index contributed by atoms with van der Waals surface area (Å²) in [5.41, 5.74) is 3.59. The highest BCUT2D eigenvalue weighted by molar-refractivity contribution is 5.56. The van der Waals surface area contributed by atoms with Gasteiger partial charge in [-0.25, -0.2) is 9.97 Å². The number of fused-ring (bicyclic) bond motifs is 1. The Kier molecular flexibility index (Phi) is 6.51. The van der Waals surface area contributed by atoms with Crippen LogP contribution in [-0.4, -0.2) is 55.8 Å². The summed E-state index contributed by atoms with van der Waals surface area (Å²) in [6.45, 7) is 9.10. The normalized spacial score (nSPS) is 16.5. The number of hydrogen-bond acceptors (Lipinski definition) is 7. The molecule has 4 rings (SSSR count). The van der Waals surface area contributed by atoms with Crippen molar-refractivity contribution in [3.63, 3.8) is 0 Å². The molecular formula is C24H34N4O3. The van der Waals surface area contributed by atoms with Crippen molar-refractivity contribution in [2.75, 3.05) is 45.9 Å². The van der Waals surface area contributed by atoms with Gasteiger partial charge in [-0.15, -0.1) is 0 Å². The Bertz CT molecular complexity index is 926. The third-order valence-corrected chi connectivity index (χ3v) is 6.24. The second-order valence-electron chi connectivity index (χ2n) is 8.63. The SMILES string of the molecule is COc1ccc(CN2CCc3c(nc(C(C)C)nc3N3CCCC3)C2)c(OC)c1OC. The fraction of sp³-hybridized carbons (Fsp3) is 0.583. The molecule has 2 aromatic rings. The van der Waals surface area contributed by atoms with Crippen LogP contribution in [0.3, 0.4) is 0 Å². The Morgan fingerprint density at radius 3 is 2.32 bits per heavy atom. The van der Waals surface area contributed by atoms with Gasteiger partial charge in [0.1, 0.15) is 11.6 Å². The first-order chi connectivity index (χ1) is 15.0. The van der Waals surface area contributed by atoms with E-state index in [0.717, 1.165) is 56.3 Å². The van der Waals surface area contributed by atoms with Crippen molar-refractivity contribution in [1.29, 1.82) is 0 Å². The summed E-state index contributed by atoms with van der Waals surface area (Å²) in [6, 6.07) is 4.00. The lowest BCUT2D eigenvalue weighted by Crippen LogP contribution is -2.34. The zero-order chi connectivity index (χ0) is 22.0. The zero-order valence-electron chi connectivity index (χ0n) is 19.4. The summed E-state index contributed by atoms with van der Waals surface area (Å²) in [5, 5.41) is 0. The summed E-state index contributed by atoms with van der Waals surface area (Å²) in [6.07, 6.45) is 3.47. The smallest absolute Gasteiger partial charge is 0.203 e. The van der Waals surface area contributed by atoms with E-state index in [4.69, 9.17) is 24.2 Å². The molecule has 0 amide bonds. The van der Waals surface area contributed by atoms with Crippen LogP contribution in [0.1, 0.15) is 55.3 Å². The standard InChI is InChI=1S/C24H34N4O3/c1-16(2)23-25-19-15-27(13-10-18(19)24(26-23)28-11-6-7-12-28)14-17-8-9-20(29-3)22(31-5)21(17)30-4/h8-9,16H,6-7,10-15H2,1-5H3. The second kappa shape index (κ2) is 9.30. The number of hydrogen-bond donors (Lipinski definition) is 0. The maximum Gasteiger partial charge on any atom is 0.203 e. The summed E-state index contributed by atoms with van der Waals surface area (Å²) in [4.78, 5) is 14.9. The van der Waals surface area contributed by atoms with E-state index in [-0.39, 0.29) is 0 Å². The van der Waals surface area contributed by atoms with Crippen LogP contribution in [0.15, 0.2) is 12.1 Å². The second-order valence-corrected chi connectivity index (χ2v) is 8.63. The van der Waals surface area contributed by atoms with Crippen LogP contribution in [0.4, 0.5) is 5.82 Å². The predicted octanol–water partition coefficient (Wildman–Crippen LogP) is 3.78. The first-order valence-corrected chi connectivity index (χ1v) is 11.2. The van der Waals surface area contributed by atoms with Gasteiger partial charge in [0.15, 0.2) is 11.5 Å². The molecule has 2 aliphatic heterocycles. The Hall–Kier alpha value is -2.54. The van der Waals surface area contributed by atoms with E-state index in [1.807, 2.05) is 6.07 Å². The zero-order valence-corrected chi connectivity index (χ0v) is 19.4. The van der Waals surface area contributed by atoms with Gasteiger partial charge in [0.25, 0.3) is 0 Å². The molecule has 3 heterocycles. The average Bonchev–Trinajstić information content (AvgIpc) is 3.32. The number of anilines is 1. The summed E-state index contributed by atoms with van der Waals surface area (Å²) in [7, 11) is 4.96. The molecule has 1 aromatic carbocycles. The van der Waals surface area contributed by atoms with Crippen molar-refractivity contribution in [2.24, 2.45) is 0 Å². The summed E-state index contributed by atoms with van der Waals surface area (Å²) in [5.74, 6) is 4.49. The molecule has 0 aliphatic carbocycles. The van der Waals surface area contributed by atoms with Gasteiger partial charge in [-0.05, 0) is 25.3 Å². The molecule has 0 radical (unpaired) electrons. The van der Waals surface area contributed by atoms with Crippen molar-refractivity contribution >= 4 is 5.82 Å². The highest BCUT2D eigenvalue weighted by Gasteiger charge is 2.28. The van der Waals surface area contributed by atoms with Crippen molar-refractivity contribution in [3.05, 3.63) is 34.8 Å². The van der Waals surface area contributed by atoms with Gasteiger partial charge < -0.3 is 19.1 Å². The van der Waals surface area contributed by atoms with Gasteiger partial charge in [-0.1, -0.05) is 19.9 Å². The monoisotopic (exact) mass is 426 g/mol. The number of benzene rings is 1. The lowest BCUT2D eigenvalue weighted by Gasteiger charge is -2.32.